The number of hydrogen-bond acceptors (Lipinski definition) is 5. The van der Waals surface area contributed by atoms with Crippen LogP contribution in [0.2, 0.25) is 0 Å². The lowest BCUT2D eigenvalue weighted by Gasteiger charge is -2.33. The molecule has 1 spiro atoms. The minimum Gasteiger partial charge on any atom is -0.497 e. The van der Waals surface area contributed by atoms with Crippen LogP contribution in [-0.4, -0.2) is 84.2 Å². The Balaban J connectivity index is 1.16. The number of aromatic nitrogens is 2. The number of carbonyl (C=O) groups excluding carboxylic acids is 1. The number of amides is 1. The number of carbonyl (C=O) groups is 1. The zero-order valence-corrected chi connectivity index (χ0v) is 19.3. The average molecular weight is 438 g/mol. The van der Waals surface area contributed by atoms with Crippen LogP contribution in [0.3, 0.4) is 0 Å². The Morgan fingerprint density at radius 3 is 2.66 bits per heavy atom. The molecule has 3 aliphatic rings. The highest BCUT2D eigenvalue weighted by Gasteiger charge is 2.59. The van der Waals surface area contributed by atoms with Crippen molar-refractivity contribution in [2.45, 2.75) is 32.2 Å². The Kier molecular flexibility index (Phi) is 5.95. The topological polar surface area (TPSA) is 64.7 Å². The van der Waals surface area contributed by atoms with Crippen molar-refractivity contribution in [2.75, 3.05) is 53.4 Å². The summed E-state index contributed by atoms with van der Waals surface area (Å²) in [5, 5.41) is 7.48. The van der Waals surface area contributed by atoms with Crippen LogP contribution in [0.4, 0.5) is 0 Å². The third kappa shape index (κ3) is 4.28. The summed E-state index contributed by atoms with van der Waals surface area (Å²) in [6.07, 6.45) is 6.40. The quantitative estimate of drug-likeness (QED) is 0.779. The molecule has 1 N–H and O–H groups in total. The SMILES string of the molecule is COc1ccc(-c2[nH]ncc2CN2CCC3(CC2)C[C@@H]3C(=O)N2CCCN(C)CC2)cc1. The van der Waals surface area contributed by atoms with Crippen molar-refractivity contribution < 1.29 is 9.53 Å². The summed E-state index contributed by atoms with van der Waals surface area (Å²) in [5.41, 5.74) is 3.70. The number of rotatable bonds is 5. The number of hydrogen-bond donors (Lipinski definition) is 1. The van der Waals surface area contributed by atoms with Crippen molar-refractivity contribution in [3.8, 4) is 17.0 Å². The molecule has 7 heteroatoms. The average Bonchev–Trinajstić information content (AvgIpc) is 3.40. The molecule has 3 fully saturated rings. The first-order valence-corrected chi connectivity index (χ1v) is 11.9. The third-order valence-corrected chi connectivity index (χ3v) is 7.86. The van der Waals surface area contributed by atoms with Gasteiger partial charge in [-0.2, -0.15) is 5.10 Å². The maximum Gasteiger partial charge on any atom is 0.226 e. The van der Waals surface area contributed by atoms with Gasteiger partial charge in [0.25, 0.3) is 0 Å². The molecule has 7 nitrogen and oxygen atoms in total. The zero-order chi connectivity index (χ0) is 22.1. The summed E-state index contributed by atoms with van der Waals surface area (Å²) in [4.78, 5) is 20.1. The predicted molar refractivity (Wildman–Crippen MR) is 124 cm³/mol. The summed E-state index contributed by atoms with van der Waals surface area (Å²) in [6, 6.07) is 8.11. The molecule has 1 atom stereocenters. The molecule has 32 heavy (non-hydrogen) atoms. The fourth-order valence-corrected chi connectivity index (χ4v) is 5.57. The van der Waals surface area contributed by atoms with Gasteiger partial charge < -0.3 is 14.5 Å². The standard InChI is InChI=1S/C25H35N5O2/c1-28-10-3-11-30(15-14-28)24(31)22-16-25(22)8-12-29(13-9-25)18-20-17-26-27-23(20)19-4-6-21(32-2)7-5-19/h4-7,17,22H,3,8-16,18H2,1-2H3,(H,26,27)/t22-/m1/s1. The molecular weight excluding hydrogens is 402 g/mol. The van der Waals surface area contributed by atoms with E-state index in [2.05, 4.69) is 44.1 Å². The van der Waals surface area contributed by atoms with Crippen molar-refractivity contribution >= 4 is 5.91 Å². The van der Waals surface area contributed by atoms with Crippen LogP contribution < -0.4 is 4.74 Å². The van der Waals surface area contributed by atoms with Crippen molar-refractivity contribution in [3.63, 3.8) is 0 Å². The van der Waals surface area contributed by atoms with E-state index < -0.39 is 0 Å². The van der Waals surface area contributed by atoms with Crippen LogP contribution in [-0.2, 0) is 11.3 Å². The van der Waals surface area contributed by atoms with Gasteiger partial charge in [-0.25, -0.2) is 0 Å². The summed E-state index contributed by atoms with van der Waals surface area (Å²) in [6.45, 7) is 6.92. The molecule has 1 saturated carbocycles. The zero-order valence-electron chi connectivity index (χ0n) is 19.3. The molecular formula is C25H35N5O2. The van der Waals surface area contributed by atoms with Gasteiger partial charge in [-0.1, -0.05) is 0 Å². The Morgan fingerprint density at radius 2 is 1.91 bits per heavy atom. The van der Waals surface area contributed by atoms with E-state index in [0.717, 1.165) is 88.5 Å². The first kappa shape index (κ1) is 21.5. The van der Waals surface area contributed by atoms with Gasteiger partial charge in [-0.15, -0.1) is 0 Å². The van der Waals surface area contributed by atoms with Gasteiger partial charge in [0.2, 0.25) is 5.91 Å². The Hall–Kier alpha value is -2.38. The van der Waals surface area contributed by atoms with Crippen molar-refractivity contribution in [2.24, 2.45) is 11.3 Å². The minimum atomic E-state index is 0.261. The number of likely N-dealkylation sites (tertiary alicyclic amines) is 1. The lowest BCUT2D eigenvalue weighted by molar-refractivity contribution is -0.133. The van der Waals surface area contributed by atoms with Gasteiger partial charge in [0, 0.05) is 43.2 Å². The molecule has 2 aromatic rings. The van der Waals surface area contributed by atoms with E-state index in [9.17, 15) is 4.79 Å². The molecule has 0 bridgehead atoms. The molecule has 1 aliphatic carbocycles. The first-order valence-electron chi connectivity index (χ1n) is 11.9. The van der Waals surface area contributed by atoms with Gasteiger partial charge in [0.1, 0.15) is 5.75 Å². The Bertz CT molecular complexity index is 932. The largest absolute Gasteiger partial charge is 0.497 e. The normalized spacial score (nSPS) is 23.8. The molecule has 1 aromatic heterocycles. The van der Waals surface area contributed by atoms with E-state index >= 15 is 0 Å². The molecule has 172 valence electrons. The lowest BCUT2D eigenvalue weighted by Crippen LogP contribution is -2.39. The van der Waals surface area contributed by atoms with E-state index in [1.54, 1.807) is 7.11 Å². The number of H-pyrrole nitrogens is 1. The maximum absolute atomic E-state index is 13.2. The summed E-state index contributed by atoms with van der Waals surface area (Å²) < 4.78 is 5.28. The fourth-order valence-electron chi connectivity index (χ4n) is 5.57. The minimum absolute atomic E-state index is 0.261. The van der Waals surface area contributed by atoms with E-state index in [4.69, 9.17) is 4.74 Å². The van der Waals surface area contributed by atoms with Gasteiger partial charge in [0.05, 0.1) is 19.0 Å². The highest BCUT2D eigenvalue weighted by molar-refractivity contribution is 5.82. The second-order valence-electron chi connectivity index (χ2n) is 9.88. The number of nitrogens with zero attached hydrogens (tertiary/aromatic N) is 4. The molecule has 1 aromatic carbocycles. The van der Waals surface area contributed by atoms with E-state index in [1.807, 2.05) is 18.3 Å². The monoisotopic (exact) mass is 437 g/mol. The third-order valence-electron chi connectivity index (χ3n) is 7.86. The smallest absolute Gasteiger partial charge is 0.226 e. The second-order valence-corrected chi connectivity index (χ2v) is 9.88. The number of aromatic amines is 1. The predicted octanol–water partition coefficient (Wildman–Crippen LogP) is 2.85. The number of likely N-dealkylation sites (N-methyl/N-ethyl adjacent to an activating group) is 1. The number of benzene rings is 1. The van der Waals surface area contributed by atoms with E-state index in [1.165, 1.54) is 5.56 Å². The van der Waals surface area contributed by atoms with Gasteiger partial charge >= 0.3 is 0 Å². The number of piperidine rings is 1. The van der Waals surface area contributed by atoms with E-state index in [-0.39, 0.29) is 11.3 Å². The number of nitrogens with one attached hydrogen (secondary N) is 1. The lowest BCUT2D eigenvalue weighted by atomic mass is 9.90. The van der Waals surface area contributed by atoms with Crippen molar-refractivity contribution in [3.05, 3.63) is 36.0 Å². The van der Waals surface area contributed by atoms with Gasteiger partial charge in [0.15, 0.2) is 0 Å². The molecule has 0 radical (unpaired) electrons. The van der Waals surface area contributed by atoms with Gasteiger partial charge in [-0.05, 0) is 82.0 Å². The molecule has 5 rings (SSSR count). The molecule has 2 aliphatic heterocycles. The van der Waals surface area contributed by atoms with E-state index in [0.29, 0.717) is 5.91 Å². The number of ether oxygens (including phenoxy) is 1. The van der Waals surface area contributed by atoms with Crippen molar-refractivity contribution in [1.82, 2.24) is 24.9 Å². The van der Waals surface area contributed by atoms with Crippen molar-refractivity contribution in [1.29, 1.82) is 0 Å². The summed E-state index contributed by atoms with van der Waals surface area (Å²) in [7, 11) is 3.84. The second kappa shape index (κ2) is 8.87. The molecule has 0 unspecified atom stereocenters. The maximum atomic E-state index is 13.2. The van der Waals surface area contributed by atoms with Crippen LogP contribution in [0.25, 0.3) is 11.3 Å². The van der Waals surface area contributed by atoms with Crippen LogP contribution in [0.1, 0.15) is 31.2 Å². The number of methoxy groups -OCH3 is 1. The summed E-state index contributed by atoms with van der Waals surface area (Å²) in [5.74, 6) is 1.54. The molecule has 2 saturated heterocycles. The summed E-state index contributed by atoms with van der Waals surface area (Å²) >= 11 is 0. The highest BCUT2D eigenvalue weighted by Crippen LogP contribution is 2.60. The first-order chi connectivity index (χ1) is 15.6. The van der Waals surface area contributed by atoms with Crippen LogP contribution in [0.5, 0.6) is 5.75 Å². The highest BCUT2D eigenvalue weighted by atomic mass is 16.5. The van der Waals surface area contributed by atoms with Crippen LogP contribution in [0, 0.1) is 11.3 Å². The van der Waals surface area contributed by atoms with Gasteiger partial charge in [-0.3, -0.25) is 14.8 Å². The molecule has 3 heterocycles. The van der Waals surface area contributed by atoms with Crippen LogP contribution >= 0.6 is 0 Å². The Labute approximate surface area is 190 Å². The Morgan fingerprint density at radius 1 is 1.12 bits per heavy atom. The van der Waals surface area contributed by atoms with Crippen LogP contribution in [0.15, 0.2) is 30.5 Å². The fraction of sp³-hybridized carbons (Fsp3) is 0.600. The molecule has 1 amide bonds.